The van der Waals surface area contributed by atoms with Crippen molar-refractivity contribution in [1.82, 2.24) is 0 Å². The fraction of sp³-hybridized carbons (Fsp3) is 0.300. The monoisotopic (exact) mass is 355 g/mol. The molecule has 1 amide bonds. The molecular weight excluding hydrogens is 334 g/mol. The number of hydrogen-bond acceptors (Lipinski definition) is 4. The molecule has 0 bridgehead atoms. The number of amides is 1. The van der Waals surface area contributed by atoms with E-state index in [-0.39, 0.29) is 23.5 Å². The first-order valence-electron chi connectivity index (χ1n) is 8.52. The third kappa shape index (κ3) is 3.79. The Bertz CT molecular complexity index is 831. The van der Waals surface area contributed by atoms with E-state index in [4.69, 9.17) is 9.47 Å². The van der Waals surface area contributed by atoms with Gasteiger partial charge in [-0.1, -0.05) is 18.2 Å². The van der Waals surface area contributed by atoms with Crippen LogP contribution in [0, 0.1) is 0 Å². The normalized spacial score (nSPS) is 15.7. The van der Waals surface area contributed by atoms with Crippen LogP contribution in [0.2, 0.25) is 0 Å². The lowest BCUT2D eigenvalue weighted by molar-refractivity contribution is -0.118. The fourth-order valence-electron chi connectivity index (χ4n) is 2.95. The number of ether oxygens (including phenoxy) is 2. The van der Waals surface area contributed by atoms with Crippen molar-refractivity contribution in [2.75, 3.05) is 11.9 Å². The molecule has 136 valence electrons. The average molecular weight is 355 g/mol. The number of carbonyl (C=O) groups excluding carboxylic acids is 1. The van der Waals surface area contributed by atoms with Gasteiger partial charge < -0.3 is 19.9 Å². The van der Waals surface area contributed by atoms with Crippen molar-refractivity contribution < 1.29 is 24.2 Å². The highest BCUT2D eigenvalue weighted by atomic mass is 16.5. The van der Waals surface area contributed by atoms with Gasteiger partial charge in [0, 0.05) is 5.56 Å². The predicted octanol–water partition coefficient (Wildman–Crippen LogP) is 3.68. The number of rotatable bonds is 5. The van der Waals surface area contributed by atoms with Gasteiger partial charge in [0.1, 0.15) is 11.5 Å². The molecule has 6 heteroatoms. The van der Waals surface area contributed by atoms with Crippen molar-refractivity contribution in [1.29, 1.82) is 0 Å². The number of benzene rings is 2. The second-order valence-electron chi connectivity index (χ2n) is 6.40. The van der Waals surface area contributed by atoms with E-state index in [0.717, 1.165) is 5.56 Å². The van der Waals surface area contributed by atoms with E-state index in [1.807, 2.05) is 38.1 Å². The minimum Gasteiger partial charge on any atom is -0.493 e. The lowest BCUT2D eigenvalue weighted by Gasteiger charge is -2.25. The Morgan fingerprint density at radius 2 is 2.00 bits per heavy atom. The van der Waals surface area contributed by atoms with Crippen LogP contribution in [0.25, 0.3) is 0 Å². The minimum absolute atomic E-state index is 0.0868. The number of carbonyl (C=O) groups is 2. The number of hydrogen-bond donors (Lipinski definition) is 2. The highest BCUT2D eigenvalue weighted by molar-refractivity contribution is 5.99. The largest absolute Gasteiger partial charge is 0.493 e. The Labute approximate surface area is 151 Å². The van der Waals surface area contributed by atoms with E-state index in [1.165, 1.54) is 12.1 Å². The quantitative estimate of drug-likeness (QED) is 0.855. The maximum absolute atomic E-state index is 12.9. The molecule has 1 aliphatic rings. The third-order valence-corrected chi connectivity index (χ3v) is 4.12. The second-order valence-corrected chi connectivity index (χ2v) is 6.40. The molecule has 0 fully saturated rings. The number of nitrogens with one attached hydrogen (secondary N) is 1. The first kappa shape index (κ1) is 17.8. The second kappa shape index (κ2) is 7.47. The van der Waals surface area contributed by atoms with E-state index in [1.54, 1.807) is 6.07 Å². The topological polar surface area (TPSA) is 84.9 Å². The summed E-state index contributed by atoms with van der Waals surface area (Å²) in [6, 6.07) is 11.9. The van der Waals surface area contributed by atoms with Crippen molar-refractivity contribution in [2.45, 2.75) is 32.3 Å². The summed E-state index contributed by atoms with van der Waals surface area (Å²) in [5, 5.41) is 12.1. The van der Waals surface area contributed by atoms with Crippen molar-refractivity contribution in [3.8, 4) is 11.5 Å². The van der Waals surface area contributed by atoms with Gasteiger partial charge in [-0.2, -0.15) is 0 Å². The molecule has 0 saturated carbocycles. The highest BCUT2D eigenvalue weighted by Crippen LogP contribution is 2.35. The smallest absolute Gasteiger partial charge is 0.335 e. The van der Waals surface area contributed by atoms with E-state index >= 15 is 0 Å². The van der Waals surface area contributed by atoms with Crippen LogP contribution < -0.4 is 14.8 Å². The fourth-order valence-corrected chi connectivity index (χ4v) is 2.95. The Hall–Kier alpha value is -3.02. The number of fused-ring (bicyclic) bond motifs is 1. The maximum Gasteiger partial charge on any atom is 0.335 e. The SMILES string of the molecule is CC(C)Oc1ccc(C(=O)O)cc1NC(=O)C1CCOc2ccccc21. The van der Waals surface area contributed by atoms with E-state index in [9.17, 15) is 14.7 Å². The molecule has 6 nitrogen and oxygen atoms in total. The van der Waals surface area contributed by atoms with E-state index in [0.29, 0.717) is 30.2 Å². The third-order valence-electron chi connectivity index (χ3n) is 4.12. The lowest BCUT2D eigenvalue weighted by Crippen LogP contribution is -2.27. The lowest BCUT2D eigenvalue weighted by atomic mass is 9.92. The summed E-state index contributed by atoms with van der Waals surface area (Å²) in [6.45, 7) is 4.19. The van der Waals surface area contributed by atoms with Crippen LogP contribution in [-0.2, 0) is 4.79 Å². The van der Waals surface area contributed by atoms with Gasteiger partial charge in [-0.15, -0.1) is 0 Å². The van der Waals surface area contributed by atoms with Gasteiger partial charge in [0.05, 0.1) is 29.9 Å². The maximum atomic E-state index is 12.9. The number of carboxylic acids is 1. The summed E-state index contributed by atoms with van der Waals surface area (Å²) in [5.41, 5.74) is 1.27. The Balaban J connectivity index is 1.89. The summed E-state index contributed by atoms with van der Waals surface area (Å²) in [4.78, 5) is 24.1. The first-order chi connectivity index (χ1) is 12.5. The van der Waals surface area contributed by atoms with Gasteiger partial charge in [0.2, 0.25) is 5.91 Å². The molecule has 0 aliphatic carbocycles. The Morgan fingerprint density at radius 3 is 2.73 bits per heavy atom. The zero-order valence-corrected chi connectivity index (χ0v) is 14.7. The van der Waals surface area contributed by atoms with Crippen LogP contribution in [0.5, 0.6) is 11.5 Å². The molecule has 1 atom stereocenters. The number of aromatic carboxylic acids is 1. The van der Waals surface area contributed by atoms with Crippen LogP contribution in [0.15, 0.2) is 42.5 Å². The van der Waals surface area contributed by atoms with Crippen molar-refractivity contribution in [2.24, 2.45) is 0 Å². The molecule has 0 aromatic heterocycles. The van der Waals surface area contributed by atoms with Crippen molar-refractivity contribution in [3.63, 3.8) is 0 Å². The zero-order chi connectivity index (χ0) is 18.7. The van der Waals surface area contributed by atoms with Crippen LogP contribution in [0.1, 0.15) is 42.1 Å². The molecule has 0 radical (unpaired) electrons. The molecule has 1 aliphatic heterocycles. The summed E-state index contributed by atoms with van der Waals surface area (Å²) >= 11 is 0. The molecule has 2 aromatic rings. The number of para-hydroxylation sites is 1. The number of anilines is 1. The van der Waals surface area contributed by atoms with Gasteiger partial charge in [0.15, 0.2) is 0 Å². The van der Waals surface area contributed by atoms with Gasteiger partial charge >= 0.3 is 5.97 Å². The molecular formula is C20H21NO5. The van der Waals surface area contributed by atoms with Crippen LogP contribution >= 0.6 is 0 Å². The summed E-state index contributed by atoms with van der Waals surface area (Å²) in [7, 11) is 0. The van der Waals surface area contributed by atoms with Gasteiger partial charge in [-0.3, -0.25) is 4.79 Å². The van der Waals surface area contributed by atoms with E-state index < -0.39 is 5.97 Å². The summed E-state index contributed by atoms with van der Waals surface area (Å²) < 4.78 is 11.3. The Kier molecular flexibility index (Phi) is 5.11. The molecule has 0 spiro atoms. The standard InChI is InChI=1S/C20H21NO5/c1-12(2)26-18-8-7-13(20(23)24)11-16(18)21-19(22)15-9-10-25-17-6-4-3-5-14(15)17/h3-8,11-12,15H,9-10H2,1-2H3,(H,21,22)(H,23,24). The Morgan fingerprint density at radius 1 is 1.23 bits per heavy atom. The van der Waals surface area contributed by atoms with Gasteiger partial charge in [0.25, 0.3) is 0 Å². The molecule has 26 heavy (non-hydrogen) atoms. The van der Waals surface area contributed by atoms with E-state index in [2.05, 4.69) is 5.32 Å². The number of carboxylic acid groups (broad SMARTS) is 1. The zero-order valence-electron chi connectivity index (χ0n) is 14.7. The molecule has 2 N–H and O–H groups in total. The minimum atomic E-state index is -1.06. The van der Waals surface area contributed by atoms with Crippen molar-refractivity contribution in [3.05, 3.63) is 53.6 Å². The first-order valence-corrected chi connectivity index (χ1v) is 8.52. The molecule has 1 unspecified atom stereocenters. The summed E-state index contributed by atoms with van der Waals surface area (Å²) in [5.74, 6) is -0.485. The van der Waals surface area contributed by atoms with Crippen LogP contribution in [-0.4, -0.2) is 29.7 Å². The molecule has 3 rings (SSSR count). The molecule has 1 heterocycles. The predicted molar refractivity (Wildman–Crippen MR) is 97.1 cm³/mol. The molecule has 0 saturated heterocycles. The average Bonchev–Trinajstić information content (AvgIpc) is 2.62. The van der Waals surface area contributed by atoms with Gasteiger partial charge in [-0.05, 0) is 44.5 Å². The van der Waals surface area contributed by atoms with Crippen LogP contribution in [0.4, 0.5) is 5.69 Å². The highest BCUT2D eigenvalue weighted by Gasteiger charge is 2.28. The molecule has 2 aromatic carbocycles. The van der Waals surface area contributed by atoms with Crippen molar-refractivity contribution >= 4 is 17.6 Å². The summed E-state index contributed by atoms with van der Waals surface area (Å²) in [6.07, 6.45) is 0.451. The van der Waals surface area contributed by atoms with Crippen LogP contribution in [0.3, 0.4) is 0 Å². The van der Waals surface area contributed by atoms with Gasteiger partial charge in [-0.25, -0.2) is 4.79 Å².